The Kier molecular flexibility index (Phi) is 4.77. The van der Waals surface area contributed by atoms with Crippen LogP contribution in [-0.4, -0.2) is 29.1 Å². The Hall–Kier alpha value is -4.24. The van der Waals surface area contributed by atoms with Crippen LogP contribution in [0.2, 0.25) is 0 Å². The minimum atomic E-state index is -0.194. The molecule has 6 rings (SSSR count). The monoisotopic (exact) mass is 468 g/mol. The summed E-state index contributed by atoms with van der Waals surface area (Å²) in [7, 11) is 0. The average molecular weight is 469 g/mol. The molecular formula is C25H20N6O2S. The molecule has 0 spiro atoms. The summed E-state index contributed by atoms with van der Waals surface area (Å²) in [6.45, 7) is 2.56. The van der Waals surface area contributed by atoms with Gasteiger partial charge in [-0.15, -0.1) is 0 Å². The van der Waals surface area contributed by atoms with Crippen LogP contribution >= 0.6 is 11.3 Å². The lowest BCUT2D eigenvalue weighted by Crippen LogP contribution is -2.24. The lowest BCUT2D eigenvalue weighted by molar-refractivity contribution is 0.610. The first kappa shape index (κ1) is 20.4. The number of thiazole rings is 1. The van der Waals surface area contributed by atoms with E-state index in [-0.39, 0.29) is 11.1 Å². The highest BCUT2D eigenvalue weighted by Crippen LogP contribution is 2.26. The fourth-order valence-electron chi connectivity index (χ4n) is 4.34. The second-order valence-corrected chi connectivity index (χ2v) is 9.13. The number of aromatic amines is 1. The zero-order valence-electron chi connectivity index (χ0n) is 18.3. The lowest BCUT2D eigenvalue weighted by atomic mass is 10.2. The number of rotatable bonds is 5. The summed E-state index contributed by atoms with van der Waals surface area (Å²) in [5.74, 6) is 0. The number of benzene rings is 2. The van der Waals surface area contributed by atoms with Gasteiger partial charge in [-0.1, -0.05) is 53.8 Å². The number of pyridine rings is 1. The van der Waals surface area contributed by atoms with Gasteiger partial charge in [-0.3, -0.25) is 19.4 Å². The summed E-state index contributed by atoms with van der Waals surface area (Å²) < 4.78 is 6.07. The van der Waals surface area contributed by atoms with E-state index in [4.69, 9.17) is 4.98 Å². The number of hydrogen-bond donors (Lipinski definition) is 1. The molecule has 0 amide bonds. The van der Waals surface area contributed by atoms with Gasteiger partial charge in [0.2, 0.25) is 5.13 Å². The summed E-state index contributed by atoms with van der Waals surface area (Å²) >= 11 is 1.46. The first-order valence-electron chi connectivity index (χ1n) is 10.8. The molecule has 0 saturated heterocycles. The molecule has 0 unspecified atom stereocenters. The number of nitrogens with one attached hydrogen (secondary N) is 1. The fourth-order valence-corrected chi connectivity index (χ4v) is 5.31. The number of aryl methyl sites for hydroxylation is 1. The number of para-hydroxylation sites is 1. The zero-order chi connectivity index (χ0) is 23.2. The Morgan fingerprint density at radius 1 is 0.971 bits per heavy atom. The van der Waals surface area contributed by atoms with Crippen LogP contribution in [0.5, 0.6) is 0 Å². The highest BCUT2D eigenvalue weighted by atomic mass is 32.1. The van der Waals surface area contributed by atoms with E-state index in [0.29, 0.717) is 34.8 Å². The summed E-state index contributed by atoms with van der Waals surface area (Å²) in [6, 6.07) is 21.1. The topological polar surface area (TPSA) is 90.5 Å². The maximum absolute atomic E-state index is 13.9. The van der Waals surface area contributed by atoms with E-state index in [1.807, 2.05) is 72.3 Å². The molecule has 8 nitrogen and oxygen atoms in total. The van der Waals surface area contributed by atoms with Gasteiger partial charge in [-0.05, 0) is 30.7 Å². The molecule has 0 fully saturated rings. The van der Waals surface area contributed by atoms with E-state index in [1.54, 1.807) is 21.5 Å². The van der Waals surface area contributed by atoms with E-state index in [9.17, 15) is 9.59 Å². The summed E-state index contributed by atoms with van der Waals surface area (Å²) in [5, 5.41) is 7.93. The van der Waals surface area contributed by atoms with Gasteiger partial charge in [0, 0.05) is 18.0 Å². The maximum Gasteiger partial charge on any atom is 0.283 e. The predicted octanol–water partition coefficient (Wildman–Crippen LogP) is 3.69. The van der Waals surface area contributed by atoms with Crippen LogP contribution in [-0.2, 0) is 13.1 Å². The molecule has 0 aliphatic rings. The summed E-state index contributed by atoms with van der Waals surface area (Å²) in [5.41, 5.74) is 3.48. The Balaban J connectivity index is 1.64. The zero-order valence-corrected chi connectivity index (χ0v) is 19.1. The number of hydrogen-bond acceptors (Lipinski definition) is 5. The molecule has 34 heavy (non-hydrogen) atoms. The molecule has 0 saturated carbocycles. The van der Waals surface area contributed by atoms with E-state index in [2.05, 4.69) is 10.2 Å². The Morgan fingerprint density at radius 3 is 2.53 bits per heavy atom. The molecule has 4 aromatic heterocycles. The van der Waals surface area contributed by atoms with Crippen LogP contribution in [0.15, 0.2) is 82.5 Å². The fraction of sp³-hybridized carbons (Fsp3) is 0.120. The normalized spacial score (nSPS) is 11.6. The largest absolute Gasteiger partial charge is 0.306 e. The van der Waals surface area contributed by atoms with Gasteiger partial charge in [0.15, 0.2) is 0 Å². The third-order valence-corrected chi connectivity index (χ3v) is 7.01. The van der Waals surface area contributed by atoms with Gasteiger partial charge in [0.1, 0.15) is 0 Å². The second-order valence-electron chi connectivity index (χ2n) is 8.12. The van der Waals surface area contributed by atoms with Crippen LogP contribution in [0.25, 0.3) is 26.3 Å². The average Bonchev–Trinajstić information content (AvgIpc) is 3.56. The number of fused-ring (bicyclic) bond motifs is 2. The molecule has 0 bridgehead atoms. The summed E-state index contributed by atoms with van der Waals surface area (Å²) in [4.78, 5) is 31.8. The Morgan fingerprint density at radius 2 is 1.76 bits per heavy atom. The highest BCUT2D eigenvalue weighted by molar-refractivity contribution is 7.20. The van der Waals surface area contributed by atoms with Crippen LogP contribution in [0, 0.1) is 6.92 Å². The molecule has 9 heteroatoms. The van der Waals surface area contributed by atoms with E-state index in [1.165, 1.54) is 11.3 Å². The van der Waals surface area contributed by atoms with E-state index >= 15 is 0 Å². The van der Waals surface area contributed by atoms with Crippen LogP contribution in [0.1, 0.15) is 17.0 Å². The molecule has 168 valence electrons. The third-order valence-electron chi connectivity index (χ3n) is 6.00. The van der Waals surface area contributed by atoms with Crippen molar-refractivity contribution in [3.05, 3.63) is 111 Å². The molecule has 0 atom stereocenters. The molecule has 1 N–H and O–H groups in total. The summed E-state index contributed by atoms with van der Waals surface area (Å²) in [6.07, 6.45) is 1.64. The van der Waals surface area contributed by atoms with Crippen molar-refractivity contribution in [3.8, 4) is 5.13 Å². The van der Waals surface area contributed by atoms with E-state index < -0.39 is 0 Å². The smallest absolute Gasteiger partial charge is 0.283 e. The van der Waals surface area contributed by atoms with Crippen LogP contribution in [0.4, 0.5) is 0 Å². The first-order valence-corrected chi connectivity index (χ1v) is 11.7. The van der Waals surface area contributed by atoms with Crippen molar-refractivity contribution in [1.82, 2.24) is 29.1 Å². The van der Waals surface area contributed by atoms with Crippen molar-refractivity contribution in [2.45, 2.75) is 20.0 Å². The SMILES string of the molecule is Cc1c2c(=O)n(-c3nc4ccccc4s3)n(Cc3ccccc3)c2cc(=O)n1Cc1ccn[nH]1. The van der Waals surface area contributed by atoms with E-state index in [0.717, 1.165) is 21.5 Å². The predicted molar refractivity (Wildman–Crippen MR) is 133 cm³/mol. The number of aromatic nitrogens is 6. The van der Waals surface area contributed by atoms with Crippen molar-refractivity contribution in [1.29, 1.82) is 0 Å². The van der Waals surface area contributed by atoms with Gasteiger partial charge in [0.05, 0.1) is 39.9 Å². The maximum atomic E-state index is 13.9. The van der Waals surface area contributed by atoms with Crippen molar-refractivity contribution in [2.75, 3.05) is 0 Å². The minimum absolute atomic E-state index is 0.178. The molecule has 0 aliphatic heterocycles. The van der Waals surface area contributed by atoms with Gasteiger partial charge >= 0.3 is 0 Å². The van der Waals surface area contributed by atoms with Crippen molar-refractivity contribution < 1.29 is 0 Å². The minimum Gasteiger partial charge on any atom is -0.306 e. The van der Waals surface area contributed by atoms with Crippen LogP contribution in [0.3, 0.4) is 0 Å². The standard InChI is InChI=1S/C25H20N6O2S/c1-16-23-20(13-22(32)29(16)15-18-11-12-26-28-18)30(14-17-7-3-2-4-8-17)31(24(23)33)25-27-19-9-5-6-10-21(19)34-25/h2-13H,14-15H2,1H3,(H,26,28). The van der Waals surface area contributed by atoms with Gasteiger partial charge in [-0.2, -0.15) is 9.78 Å². The number of nitrogens with zero attached hydrogens (tertiary/aromatic N) is 5. The van der Waals surface area contributed by atoms with Gasteiger partial charge < -0.3 is 4.57 Å². The first-order chi connectivity index (χ1) is 16.6. The van der Waals surface area contributed by atoms with Gasteiger partial charge in [-0.25, -0.2) is 4.98 Å². The third kappa shape index (κ3) is 3.29. The number of H-pyrrole nitrogens is 1. The quantitative estimate of drug-likeness (QED) is 0.418. The van der Waals surface area contributed by atoms with Gasteiger partial charge in [0.25, 0.3) is 11.1 Å². The molecule has 0 aliphatic carbocycles. The van der Waals surface area contributed by atoms with Crippen LogP contribution < -0.4 is 11.1 Å². The van der Waals surface area contributed by atoms with Crippen molar-refractivity contribution >= 4 is 32.5 Å². The molecule has 6 aromatic rings. The Bertz CT molecular complexity index is 1720. The molecule has 4 heterocycles. The van der Waals surface area contributed by atoms with Crippen molar-refractivity contribution in [2.24, 2.45) is 0 Å². The van der Waals surface area contributed by atoms with Crippen molar-refractivity contribution in [3.63, 3.8) is 0 Å². The molecular weight excluding hydrogens is 448 g/mol. The molecule has 0 radical (unpaired) electrons. The Labute approximate surface area is 197 Å². The molecule has 2 aromatic carbocycles. The lowest BCUT2D eigenvalue weighted by Gasteiger charge is -2.12. The second kappa shape index (κ2) is 7.96. The highest BCUT2D eigenvalue weighted by Gasteiger charge is 2.22.